The van der Waals surface area contributed by atoms with E-state index in [-0.39, 0.29) is 0 Å². The van der Waals surface area contributed by atoms with Gasteiger partial charge >= 0.3 is 0 Å². The Hall–Kier alpha value is -1.39. The van der Waals surface area contributed by atoms with Crippen LogP contribution in [-0.2, 0) is 6.54 Å². The molecule has 0 aliphatic carbocycles. The summed E-state index contributed by atoms with van der Waals surface area (Å²) in [4.78, 5) is 8.61. The van der Waals surface area contributed by atoms with Crippen molar-refractivity contribution in [3.05, 3.63) is 41.1 Å². The first-order valence-electron chi connectivity index (χ1n) is 6.43. The van der Waals surface area contributed by atoms with Crippen LogP contribution in [0.4, 0.5) is 0 Å². The summed E-state index contributed by atoms with van der Waals surface area (Å²) in [5.74, 6) is 2.24. The van der Waals surface area contributed by atoms with Crippen LogP contribution < -0.4 is 5.32 Å². The van der Waals surface area contributed by atoms with Gasteiger partial charge in [-0.1, -0.05) is 25.4 Å². The van der Waals surface area contributed by atoms with Gasteiger partial charge in [0.2, 0.25) is 0 Å². The number of nitrogens with one attached hydrogen (secondary N) is 1. The third-order valence-electron chi connectivity index (χ3n) is 2.81. The molecule has 0 aliphatic rings. The topological polar surface area (TPSA) is 42.7 Å². The molecule has 2 aromatic rings. The Bertz CT molecular complexity index is 548. The van der Waals surface area contributed by atoms with Gasteiger partial charge in [0.05, 0.1) is 5.02 Å². The largest absolute Gasteiger partial charge is 0.312 e. The van der Waals surface area contributed by atoms with E-state index in [2.05, 4.69) is 29.1 Å². The summed E-state index contributed by atoms with van der Waals surface area (Å²) in [6.07, 6.45) is 5.46. The van der Waals surface area contributed by atoms with Gasteiger partial charge in [-0.05, 0) is 31.0 Å². The van der Waals surface area contributed by atoms with Crippen molar-refractivity contribution >= 4 is 11.6 Å². The van der Waals surface area contributed by atoms with Crippen LogP contribution in [0, 0.1) is 12.8 Å². The van der Waals surface area contributed by atoms with Gasteiger partial charge in [0, 0.05) is 25.1 Å². The zero-order valence-electron chi connectivity index (χ0n) is 11.5. The molecule has 0 saturated carbocycles. The van der Waals surface area contributed by atoms with Crippen molar-refractivity contribution in [2.45, 2.75) is 27.3 Å². The van der Waals surface area contributed by atoms with Crippen molar-refractivity contribution in [1.82, 2.24) is 19.9 Å². The minimum absolute atomic E-state index is 0.635. The maximum atomic E-state index is 6.30. The summed E-state index contributed by atoms with van der Waals surface area (Å²) in [5.41, 5.74) is 1.09. The molecule has 0 atom stereocenters. The van der Waals surface area contributed by atoms with Crippen LogP contribution in [0.15, 0.2) is 24.7 Å². The highest BCUT2D eigenvalue weighted by Gasteiger charge is 2.08. The highest BCUT2D eigenvalue weighted by atomic mass is 35.5. The molecule has 2 heterocycles. The molecule has 1 N–H and O–H groups in total. The predicted octanol–water partition coefficient (Wildman–Crippen LogP) is 2.97. The lowest BCUT2D eigenvalue weighted by molar-refractivity contribution is 0.552. The molecule has 0 aromatic carbocycles. The molecule has 0 amide bonds. The number of imidazole rings is 1. The zero-order chi connectivity index (χ0) is 13.8. The molecule has 0 unspecified atom stereocenters. The molecule has 0 radical (unpaired) electrons. The summed E-state index contributed by atoms with van der Waals surface area (Å²) in [6, 6.07) is 1.96. The van der Waals surface area contributed by atoms with Crippen LogP contribution in [0.3, 0.4) is 0 Å². The Morgan fingerprint density at radius 2 is 2.16 bits per heavy atom. The fourth-order valence-corrected chi connectivity index (χ4v) is 2.13. The van der Waals surface area contributed by atoms with Crippen molar-refractivity contribution in [2.24, 2.45) is 5.92 Å². The minimum Gasteiger partial charge on any atom is -0.312 e. The Balaban J connectivity index is 2.12. The van der Waals surface area contributed by atoms with Gasteiger partial charge in [-0.25, -0.2) is 9.97 Å². The summed E-state index contributed by atoms with van der Waals surface area (Å²) >= 11 is 6.30. The quantitative estimate of drug-likeness (QED) is 0.914. The molecule has 0 fully saturated rings. The highest BCUT2D eigenvalue weighted by molar-refractivity contribution is 6.32. The Morgan fingerprint density at radius 3 is 2.74 bits per heavy atom. The van der Waals surface area contributed by atoms with E-state index >= 15 is 0 Å². The first-order valence-corrected chi connectivity index (χ1v) is 6.81. The Labute approximate surface area is 118 Å². The summed E-state index contributed by atoms with van der Waals surface area (Å²) < 4.78 is 1.88. The van der Waals surface area contributed by atoms with Gasteiger partial charge in [-0.3, -0.25) is 4.57 Å². The number of nitrogens with zero attached hydrogens (tertiary/aromatic N) is 3. The molecular weight excluding hydrogens is 260 g/mol. The standard InChI is InChI=1S/C14H19ClN4/c1-10(2)7-16-8-12-6-13(15)14(18-9-12)19-5-4-17-11(19)3/h4-6,9-10,16H,7-8H2,1-3H3. The minimum atomic E-state index is 0.635. The van der Waals surface area contributed by atoms with E-state index in [1.54, 1.807) is 6.20 Å². The van der Waals surface area contributed by atoms with E-state index < -0.39 is 0 Å². The normalized spacial score (nSPS) is 11.2. The Morgan fingerprint density at radius 1 is 1.37 bits per heavy atom. The molecule has 0 bridgehead atoms. The number of pyridine rings is 1. The fraction of sp³-hybridized carbons (Fsp3) is 0.429. The number of aromatic nitrogens is 3. The number of rotatable bonds is 5. The summed E-state index contributed by atoms with van der Waals surface area (Å²) in [5, 5.41) is 4.02. The van der Waals surface area contributed by atoms with Crippen LogP contribution in [0.5, 0.6) is 0 Å². The van der Waals surface area contributed by atoms with Gasteiger partial charge in [-0.2, -0.15) is 0 Å². The molecule has 4 nitrogen and oxygen atoms in total. The van der Waals surface area contributed by atoms with Crippen LogP contribution in [-0.4, -0.2) is 21.1 Å². The second kappa shape index (κ2) is 6.17. The number of halogens is 1. The first kappa shape index (κ1) is 14.0. The molecule has 5 heteroatoms. The molecule has 2 rings (SSSR count). The smallest absolute Gasteiger partial charge is 0.156 e. The molecule has 102 valence electrons. The second-order valence-electron chi connectivity index (χ2n) is 5.02. The van der Waals surface area contributed by atoms with Crippen molar-refractivity contribution in [2.75, 3.05) is 6.54 Å². The molecule has 19 heavy (non-hydrogen) atoms. The van der Waals surface area contributed by atoms with E-state index in [1.165, 1.54) is 0 Å². The third kappa shape index (κ3) is 3.55. The van der Waals surface area contributed by atoms with Gasteiger partial charge in [0.1, 0.15) is 5.82 Å². The summed E-state index contributed by atoms with van der Waals surface area (Å²) in [7, 11) is 0. The van der Waals surface area contributed by atoms with E-state index in [1.807, 2.05) is 30.0 Å². The maximum absolute atomic E-state index is 6.30. The van der Waals surface area contributed by atoms with E-state index in [0.717, 1.165) is 30.3 Å². The fourth-order valence-electron chi connectivity index (χ4n) is 1.85. The zero-order valence-corrected chi connectivity index (χ0v) is 12.3. The SMILES string of the molecule is Cc1nccn1-c1ncc(CNCC(C)C)cc1Cl. The lowest BCUT2D eigenvalue weighted by Crippen LogP contribution is -2.19. The molecule has 2 aromatic heterocycles. The average molecular weight is 279 g/mol. The van der Waals surface area contributed by atoms with E-state index in [4.69, 9.17) is 11.6 Å². The summed E-state index contributed by atoms with van der Waals surface area (Å²) in [6.45, 7) is 8.07. The van der Waals surface area contributed by atoms with Crippen molar-refractivity contribution in [3.63, 3.8) is 0 Å². The van der Waals surface area contributed by atoms with Crippen LogP contribution in [0.25, 0.3) is 5.82 Å². The average Bonchev–Trinajstić information content (AvgIpc) is 2.75. The van der Waals surface area contributed by atoms with Gasteiger partial charge in [-0.15, -0.1) is 0 Å². The lowest BCUT2D eigenvalue weighted by atomic mass is 10.2. The van der Waals surface area contributed by atoms with Crippen molar-refractivity contribution in [1.29, 1.82) is 0 Å². The van der Waals surface area contributed by atoms with Gasteiger partial charge in [0.25, 0.3) is 0 Å². The lowest BCUT2D eigenvalue weighted by Gasteiger charge is -2.10. The maximum Gasteiger partial charge on any atom is 0.156 e. The number of hydrogen-bond acceptors (Lipinski definition) is 3. The monoisotopic (exact) mass is 278 g/mol. The Kier molecular flexibility index (Phi) is 4.56. The first-order chi connectivity index (χ1) is 9.08. The number of hydrogen-bond donors (Lipinski definition) is 1. The van der Waals surface area contributed by atoms with E-state index in [0.29, 0.717) is 10.9 Å². The van der Waals surface area contributed by atoms with Gasteiger partial charge < -0.3 is 5.32 Å². The van der Waals surface area contributed by atoms with Crippen molar-refractivity contribution < 1.29 is 0 Å². The highest BCUT2D eigenvalue weighted by Crippen LogP contribution is 2.20. The third-order valence-corrected chi connectivity index (χ3v) is 3.09. The molecule has 0 spiro atoms. The molecule has 0 aliphatic heterocycles. The van der Waals surface area contributed by atoms with E-state index in [9.17, 15) is 0 Å². The van der Waals surface area contributed by atoms with Crippen LogP contribution >= 0.6 is 11.6 Å². The van der Waals surface area contributed by atoms with Crippen LogP contribution in [0.2, 0.25) is 5.02 Å². The molecular formula is C14H19ClN4. The van der Waals surface area contributed by atoms with Crippen LogP contribution in [0.1, 0.15) is 25.2 Å². The number of aryl methyl sites for hydroxylation is 1. The van der Waals surface area contributed by atoms with Crippen molar-refractivity contribution in [3.8, 4) is 5.82 Å². The van der Waals surface area contributed by atoms with Gasteiger partial charge in [0.15, 0.2) is 5.82 Å². The molecule has 0 saturated heterocycles. The predicted molar refractivity (Wildman–Crippen MR) is 77.7 cm³/mol. The second-order valence-corrected chi connectivity index (χ2v) is 5.43.